The van der Waals surface area contributed by atoms with Crippen molar-refractivity contribution < 1.29 is 9.21 Å². The van der Waals surface area contributed by atoms with E-state index in [2.05, 4.69) is 31.4 Å². The van der Waals surface area contributed by atoms with Crippen molar-refractivity contribution in [1.29, 1.82) is 0 Å². The van der Waals surface area contributed by atoms with Crippen LogP contribution in [-0.4, -0.2) is 26.4 Å². The van der Waals surface area contributed by atoms with Crippen LogP contribution in [0.3, 0.4) is 0 Å². The summed E-state index contributed by atoms with van der Waals surface area (Å²) in [5.41, 5.74) is 1.66. The first kappa shape index (κ1) is 18.0. The summed E-state index contributed by atoms with van der Waals surface area (Å²) in [5, 5.41) is 12.3. The molecule has 0 fully saturated rings. The zero-order chi connectivity index (χ0) is 18.0. The highest BCUT2D eigenvalue weighted by molar-refractivity contribution is 9.10. The van der Waals surface area contributed by atoms with Crippen LogP contribution in [0.1, 0.15) is 5.56 Å². The lowest BCUT2D eigenvalue weighted by molar-refractivity contribution is -0.113. The van der Waals surface area contributed by atoms with E-state index in [1.807, 2.05) is 20.0 Å². The van der Waals surface area contributed by atoms with Crippen LogP contribution in [0.4, 0.5) is 5.69 Å². The molecule has 25 heavy (non-hydrogen) atoms. The van der Waals surface area contributed by atoms with E-state index in [1.165, 1.54) is 11.8 Å². The van der Waals surface area contributed by atoms with Gasteiger partial charge in [0.2, 0.25) is 5.91 Å². The van der Waals surface area contributed by atoms with Gasteiger partial charge in [0, 0.05) is 17.8 Å². The number of carbonyl (C=O) groups excluding carboxylic acids is 1. The fraction of sp³-hybridized carbons (Fsp3) is 0.188. The van der Waals surface area contributed by atoms with Crippen molar-refractivity contribution in [3.8, 4) is 11.6 Å². The van der Waals surface area contributed by atoms with Gasteiger partial charge in [0.05, 0.1) is 5.75 Å². The minimum Gasteiger partial charge on any atom is -0.446 e. The monoisotopic (exact) mass is 440 g/mol. The number of anilines is 1. The number of benzene rings is 1. The molecule has 0 aliphatic carbocycles. The molecule has 130 valence electrons. The minimum atomic E-state index is -0.138. The maximum atomic E-state index is 12.2. The molecular formula is C16H14BrClN4O2S. The average Bonchev–Trinajstić information content (AvgIpc) is 3.15. The topological polar surface area (TPSA) is 73.0 Å². The number of hydrogen-bond acceptors (Lipinski definition) is 5. The molecule has 1 N–H and O–H groups in total. The van der Waals surface area contributed by atoms with Crippen LogP contribution in [0, 0.1) is 6.92 Å². The van der Waals surface area contributed by atoms with Crippen LogP contribution in [0.2, 0.25) is 5.02 Å². The van der Waals surface area contributed by atoms with E-state index >= 15 is 0 Å². The number of carbonyl (C=O) groups is 1. The van der Waals surface area contributed by atoms with Crippen LogP contribution in [-0.2, 0) is 11.8 Å². The van der Waals surface area contributed by atoms with E-state index in [0.29, 0.717) is 32.1 Å². The SMILES string of the molecule is Cc1ccc(Cl)cc1NC(=O)CSc1nnc(-c2ccc(Br)o2)n1C. The van der Waals surface area contributed by atoms with Gasteiger partial charge in [-0.25, -0.2) is 0 Å². The quantitative estimate of drug-likeness (QED) is 0.589. The molecule has 6 nitrogen and oxygen atoms in total. The van der Waals surface area contributed by atoms with E-state index in [-0.39, 0.29) is 11.7 Å². The lowest BCUT2D eigenvalue weighted by Gasteiger charge is -2.08. The number of aromatic nitrogens is 3. The molecule has 9 heteroatoms. The molecule has 0 aliphatic rings. The van der Waals surface area contributed by atoms with Crippen molar-refractivity contribution in [3.05, 3.63) is 45.6 Å². The molecule has 2 aromatic heterocycles. The van der Waals surface area contributed by atoms with Crippen LogP contribution in [0.5, 0.6) is 0 Å². The Morgan fingerprint density at radius 2 is 2.16 bits per heavy atom. The number of hydrogen-bond donors (Lipinski definition) is 1. The van der Waals surface area contributed by atoms with Gasteiger partial charge >= 0.3 is 0 Å². The highest BCUT2D eigenvalue weighted by Crippen LogP contribution is 2.26. The Morgan fingerprint density at radius 3 is 2.88 bits per heavy atom. The summed E-state index contributed by atoms with van der Waals surface area (Å²) in [6.07, 6.45) is 0. The Balaban J connectivity index is 1.65. The van der Waals surface area contributed by atoms with Gasteiger partial charge < -0.3 is 14.3 Å². The molecule has 0 spiro atoms. The number of amides is 1. The second-order valence-corrected chi connectivity index (χ2v) is 7.43. The fourth-order valence-corrected chi connectivity index (χ4v) is 3.32. The molecule has 3 rings (SSSR count). The van der Waals surface area contributed by atoms with Gasteiger partial charge in [-0.2, -0.15) is 0 Å². The summed E-state index contributed by atoms with van der Waals surface area (Å²) in [7, 11) is 1.83. The third kappa shape index (κ3) is 4.26. The Morgan fingerprint density at radius 1 is 1.36 bits per heavy atom. The summed E-state index contributed by atoms with van der Waals surface area (Å²) >= 11 is 10.5. The van der Waals surface area contributed by atoms with Crippen molar-refractivity contribution in [2.24, 2.45) is 7.05 Å². The first-order valence-electron chi connectivity index (χ1n) is 7.28. The molecule has 0 saturated carbocycles. The number of halogens is 2. The Kier molecular flexibility index (Phi) is 5.51. The molecule has 0 bridgehead atoms. The molecular weight excluding hydrogens is 428 g/mol. The Hall–Kier alpha value is -1.77. The normalized spacial score (nSPS) is 10.9. The predicted molar refractivity (Wildman–Crippen MR) is 102 cm³/mol. The van der Waals surface area contributed by atoms with Gasteiger partial charge in [0.15, 0.2) is 21.4 Å². The Labute approximate surface area is 162 Å². The summed E-state index contributed by atoms with van der Waals surface area (Å²) in [4.78, 5) is 12.2. The van der Waals surface area contributed by atoms with E-state index in [1.54, 1.807) is 28.8 Å². The average molecular weight is 442 g/mol. The maximum Gasteiger partial charge on any atom is 0.234 e. The van der Waals surface area contributed by atoms with Crippen molar-refractivity contribution in [2.75, 3.05) is 11.1 Å². The van der Waals surface area contributed by atoms with E-state index in [4.69, 9.17) is 16.0 Å². The molecule has 1 amide bonds. The van der Waals surface area contributed by atoms with Crippen molar-refractivity contribution in [1.82, 2.24) is 14.8 Å². The van der Waals surface area contributed by atoms with Gasteiger partial charge in [0.25, 0.3) is 0 Å². The number of thioether (sulfide) groups is 1. The van der Waals surface area contributed by atoms with E-state index < -0.39 is 0 Å². The first-order valence-corrected chi connectivity index (χ1v) is 9.43. The first-order chi connectivity index (χ1) is 11.9. The number of aryl methyl sites for hydroxylation is 1. The third-order valence-electron chi connectivity index (χ3n) is 3.43. The second kappa shape index (κ2) is 7.63. The summed E-state index contributed by atoms with van der Waals surface area (Å²) in [5.74, 6) is 1.27. The molecule has 0 unspecified atom stereocenters. The van der Waals surface area contributed by atoms with Gasteiger partial charge in [-0.1, -0.05) is 29.4 Å². The van der Waals surface area contributed by atoms with Gasteiger partial charge in [-0.15, -0.1) is 10.2 Å². The van der Waals surface area contributed by atoms with Gasteiger partial charge in [-0.05, 0) is 52.7 Å². The second-order valence-electron chi connectivity index (χ2n) is 5.27. The lowest BCUT2D eigenvalue weighted by Crippen LogP contribution is -2.15. The summed E-state index contributed by atoms with van der Waals surface area (Å²) in [6, 6.07) is 8.97. The lowest BCUT2D eigenvalue weighted by atomic mass is 10.2. The largest absolute Gasteiger partial charge is 0.446 e. The standard InChI is InChI=1S/C16H14BrClN4O2S/c1-9-3-4-10(18)7-11(9)19-14(23)8-25-16-21-20-15(22(16)2)12-5-6-13(17)24-12/h3-7H,8H2,1-2H3,(H,19,23). The fourth-order valence-electron chi connectivity index (χ4n) is 2.13. The Bertz CT molecular complexity index is 925. The van der Waals surface area contributed by atoms with Crippen LogP contribution < -0.4 is 5.32 Å². The number of nitrogens with zero attached hydrogens (tertiary/aromatic N) is 3. The summed E-state index contributed by atoms with van der Waals surface area (Å²) in [6.45, 7) is 1.91. The zero-order valence-corrected chi connectivity index (χ0v) is 16.6. The number of rotatable bonds is 5. The number of nitrogens with one attached hydrogen (secondary N) is 1. The molecule has 0 atom stereocenters. The third-order valence-corrected chi connectivity index (χ3v) is 5.12. The molecule has 3 aromatic rings. The van der Waals surface area contributed by atoms with Crippen molar-refractivity contribution in [3.63, 3.8) is 0 Å². The smallest absolute Gasteiger partial charge is 0.234 e. The summed E-state index contributed by atoms with van der Waals surface area (Å²) < 4.78 is 7.89. The maximum absolute atomic E-state index is 12.2. The molecule has 0 saturated heterocycles. The van der Waals surface area contributed by atoms with Crippen molar-refractivity contribution in [2.45, 2.75) is 12.1 Å². The molecule has 0 aliphatic heterocycles. The van der Waals surface area contributed by atoms with E-state index in [9.17, 15) is 4.79 Å². The van der Waals surface area contributed by atoms with E-state index in [0.717, 1.165) is 5.56 Å². The number of furan rings is 1. The highest BCUT2D eigenvalue weighted by Gasteiger charge is 2.15. The predicted octanol–water partition coefficient (Wildman–Crippen LogP) is 4.53. The van der Waals surface area contributed by atoms with Crippen LogP contribution in [0.15, 0.2) is 44.6 Å². The molecule has 0 radical (unpaired) electrons. The van der Waals surface area contributed by atoms with Gasteiger partial charge in [0.1, 0.15) is 0 Å². The van der Waals surface area contributed by atoms with Crippen molar-refractivity contribution >= 4 is 50.9 Å². The van der Waals surface area contributed by atoms with Crippen LogP contribution in [0.25, 0.3) is 11.6 Å². The minimum absolute atomic E-state index is 0.138. The zero-order valence-electron chi connectivity index (χ0n) is 13.4. The van der Waals surface area contributed by atoms with Gasteiger partial charge in [-0.3, -0.25) is 4.79 Å². The highest BCUT2D eigenvalue weighted by atomic mass is 79.9. The molecule has 2 heterocycles. The molecule has 1 aromatic carbocycles. The van der Waals surface area contributed by atoms with Crippen LogP contribution >= 0.6 is 39.3 Å².